The Morgan fingerprint density at radius 2 is 1.77 bits per heavy atom. The van der Waals surface area contributed by atoms with Crippen LogP contribution in [0.4, 0.5) is 5.69 Å². The van der Waals surface area contributed by atoms with E-state index in [1.54, 1.807) is 0 Å². The lowest BCUT2D eigenvalue weighted by atomic mass is 9.90. The minimum absolute atomic E-state index is 0. The second-order valence-electron chi connectivity index (χ2n) is 8.25. The number of fused-ring (bicyclic) bond motifs is 1. The molecule has 2 aromatic carbocycles. The lowest BCUT2D eigenvalue weighted by molar-refractivity contribution is 0.0791. The van der Waals surface area contributed by atoms with Crippen LogP contribution < -0.4 is 11.1 Å². The molecule has 0 amide bonds. The molecule has 0 unspecified atom stereocenters. The normalized spacial score (nSPS) is 17.8. The third-order valence-electron chi connectivity index (χ3n) is 6.15. The van der Waals surface area contributed by atoms with E-state index < -0.39 is 0 Å². The van der Waals surface area contributed by atoms with E-state index in [0.717, 1.165) is 51.0 Å². The SMILES string of the molecule is I.NC(=NCc1ccccc1CN1CCC(O)CC1)Nc1cccc2c1CCCC2. The number of nitrogens with zero attached hydrogens (tertiary/aromatic N) is 2. The van der Waals surface area contributed by atoms with Gasteiger partial charge >= 0.3 is 0 Å². The fourth-order valence-electron chi connectivity index (χ4n) is 4.43. The van der Waals surface area contributed by atoms with E-state index in [-0.39, 0.29) is 30.1 Å². The number of nitrogens with two attached hydrogens (primary N) is 1. The van der Waals surface area contributed by atoms with Gasteiger partial charge in [0.15, 0.2) is 5.96 Å². The monoisotopic (exact) mass is 520 g/mol. The van der Waals surface area contributed by atoms with Crippen LogP contribution in [0.3, 0.4) is 0 Å². The van der Waals surface area contributed by atoms with Crippen LogP contribution in [-0.4, -0.2) is 35.2 Å². The summed E-state index contributed by atoms with van der Waals surface area (Å²) in [6, 6.07) is 14.9. The maximum Gasteiger partial charge on any atom is 0.193 e. The summed E-state index contributed by atoms with van der Waals surface area (Å²) in [5.41, 5.74) is 12.7. The van der Waals surface area contributed by atoms with Crippen LogP contribution in [0.15, 0.2) is 47.5 Å². The molecule has 0 saturated carbocycles. The minimum Gasteiger partial charge on any atom is -0.393 e. The number of hydrogen-bond donors (Lipinski definition) is 3. The quantitative estimate of drug-likeness (QED) is 0.316. The average molecular weight is 520 g/mol. The number of likely N-dealkylation sites (tertiary alicyclic amines) is 1. The third kappa shape index (κ3) is 5.95. The molecule has 6 heteroatoms. The van der Waals surface area contributed by atoms with Crippen molar-refractivity contribution in [2.24, 2.45) is 10.7 Å². The topological polar surface area (TPSA) is 73.9 Å². The summed E-state index contributed by atoms with van der Waals surface area (Å²) in [5, 5.41) is 13.1. The van der Waals surface area contributed by atoms with Gasteiger partial charge in [0.2, 0.25) is 0 Å². The van der Waals surface area contributed by atoms with Crippen molar-refractivity contribution < 1.29 is 5.11 Å². The molecule has 1 aliphatic carbocycles. The second kappa shape index (κ2) is 11.1. The van der Waals surface area contributed by atoms with E-state index >= 15 is 0 Å². The fraction of sp³-hybridized carbons (Fsp3) is 0.458. The largest absolute Gasteiger partial charge is 0.393 e. The average Bonchev–Trinajstić information content (AvgIpc) is 2.75. The van der Waals surface area contributed by atoms with Gasteiger partial charge in [0, 0.05) is 25.3 Å². The first-order valence-electron chi connectivity index (χ1n) is 10.8. The molecule has 2 aliphatic rings. The summed E-state index contributed by atoms with van der Waals surface area (Å²) in [5.74, 6) is 0.472. The number of aliphatic hydroxyl groups excluding tert-OH is 1. The van der Waals surface area contributed by atoms with Gasteiger partial charge in [0.25, 0.3) is 0 Å². The number of nitrogens with one attached hydrogen (secondary N) is 1. The van der Waals surface area contributed by atoms with Crippen molar-refractivity contribution in [2.45, 2.75) is 57.7 Å². The highest BCUT2D eigenvalue weighted by Gasteiger charge is 2.18. The number of aliphatic hydroxyl groups is 1. The van der Waals surface area contributed by atoms with Gasteiger partial charge in [-0.3, -0.25) is 4.90 Å². The van der Waals surface area contributed by atoms with Crippen LogP contribution >= 0.6 is 24.0 Å². The number of aliphatic imine (C=N–C) groups is 1. The summed E-state index contributed by atoms with van der Waals surface area (Å²) >= 11 is 0. The zero-order chi connectivity index (χ0) is 20.1. The van der Waals surface area contributed by atoms with Gasteiger partial charge in [-0.25, -0.2) is 4.99 Å². The van der Waals surface area contributed by atoms with Gasteiger partial charge in [0.1, 0.15) is 0 Å². The van der Waals surface area contributed by atoms with Crippen molar-refractivity contribution in [3.63, 3.8) is 0 Å². The zero-order valence-corrected chi connectivity index (χ0v) is 19.8. The molecule has 0 radical (unpaired) electrons. The molecule has 1 fully saturated rings. The van der Waals surface area contributed by atoms with Crippen molar-refractivity contribution in [3.8, 4) is 0 Å². The molecule has 1 saturated heterocycles. The van der Waals surface area contributed by atoms with Crippen molar-refractivity contribution in [2.75, 3.05) is 18.4 Å². The molecule has 1 heterocycles. The van der Waals surface area contributed by atoms with E-state index in [9.17, 15) is 5.11 Å². The van der Waals surface area contributed by atoms with Crippen molar-refractivity contribution in [3.05, 3.63) is 64.7 Å². The first-order chi connectivity index (χ1) is 14.2. The van der Waals surface area contributed by atoms with Crippen LogP contribution in [0.25, 0.3) is 0 Å². The number of anilines is 1. The number of halogens is 1. The van der Waals surface area contributed by atoms with E-state index in [2.05, 4.69) is 57.7 Å². The predicted molar refractivity (Wildman–Crippen MR) is 134 cm³/mol. The Balaban J connectivity index is 0.00000256. The number of piperidine rings is 1. The highest BCUT2D eigenvalue weighted by Crippen LogP contribution is 2.27. The molecule has 2 aromatic rings. The van der Waals surface area contributed by atoms with Crippen LogP contribution in [0.2, 0.25) is 0 Å². The van der Waals surface area contributed by atoms with E-state index in [1.165, 1.54) is 35.1 Å². The molecule has 0 aromatic heterocycles. The summed E-state index contributed by atoms with van der Waals surface area (Å²) < 4.78 is 0. The lowest BCUT2D eigenvalue weighted by Gasteiger charge is -2.30. The highest BCUT2D eigenvalue weighted by atomic mass is 127. The van der Waals surface area contributed by atoms with Crippen LogP contribution in [0.5, 0.6) is 0 Å². The molecule has 0 bridgehead atoms. The zero-order valence-electron chi connectivity index (χ0n) is 17.5. The van der Waals surface area contributed by atoms with Crippen LogP contribution in [-0.2, 0) is 25.9 Å². The van der Waals surface area contributed by atoms with Crippen LogP contribution in [0, 0.1) is 0 Å². The first kappa shape index (κ1) is 23.0. The Morgan fingerprint density at radius 3 is 2.57 bits per heavy atom. The van der Waals surface area contributed by atoms with Gasteiger partial charge < -0.3 is 16.2 Å². The lowest BCUT2D eigenvalue weighted by Crippen LogP contribution is -2.35. The third-order valence-corrected chi connectivity index (χ3v) is 6.15. The van der Waals surface area contributed by atoms with Gasteiger partial charge in [0.05, 0.1) is 12.6 Å². The predicted octanol–water partition coefficient (Wildman–Crippen LogP) is 4.07. The highest BCUT2D eigenvalue weighted by molar-refractivity contribution is 14.0. The number of guanidine groups is 1. The summed E-state index contributed by atoms with van der Waals surface area (Å²) in [7, 11) is 0. The van der Waals surface area contributed by atoms with E-state index in [0.29, 0.717) is 12.5 Å². The smallest absolute Gasteiger partial charge is 0.193 e. The molecular weight excluding hydrogens is 487 g/mol. The van der Waals surface area contributed by atoms with Crippen molar-refractivity contribution in [1.82, 2.24) is 4.90 Å². The summed E-state index contributed by atoms with van der Waals surface area (Å²) in [6.45, 7) is 3.36. The Labute approximate surface area is 196 Å². The molecule has 0 spiro atoms. The summed E-state index contributed by atoms with van der Waals surface area (Å²) in [6.07, 6.45) is 6.36. The number of rotatable bonds is 5. The molecule has 162 valence electrons. The minimum atomic E-state index is -0.138. The Hall–Kier alpha value is -1.64. The summed E-state index contributed by atoms with van der Waals surface area (Å²) in [4.78, 5) is 7.04. The molecule has 4 N–H and O–H groups in total. The van der Waals surface area contributed by atoms with Crippen molar-refractivity contribution >= 4 is 35.6 Å². The van der Waals surface area contributed by atoms with Gasteiger partial charge in [-0.05, 0) is 66.8 Å². The molecular formula is C24H33IN4O. The Kier molecular flexibility index (Phi) is 8.53. The van der Waals surface area contributed by atoms with Gasteiger partial charge in [-0.1, -0.05) is 36.4 Å². The van der Waals surface area contributed by atoms with E-state index in [4.69, 9.17) is 5.73 Å². The Morgan fingerprint density at radius 1 is 1.03 bits per heavy atom. The Bertz CT molecular complexity index is 862. The first-order valence-corrected chi connectivity index (χ1v) is 10.8. The molecule has 30 heavy (non-hydrogen) atoms. The van der Waals surface area contributed by atoms with Gasteiger partial charge in [-0.2, -0.15) is 0 Å². The molecule has 5 nitrogen and oxygen atoms in total. The van der Waals surface area contributed by atoms with Gasteiger partial charge in [-0.15, -0.1) is 24.0 Å². The van der Waals surface area contributed by atoms with Crippen molar-refractivity contribution in [1.29, 1.82) is 0 Å². The number of aryl methyl sites for hydroxylation is 1. The van der Waals surface area contributed by atoms with Crippen LogP contribution in [0.1, 0.15) is 47.9 Å². The molecule has 1 aliphatic heterocycles. The molecule has 0 atom stereocenters. The molecule has 4 rings (SSSR count). The second-order valence-corrected chi connectivity index (χ2v) is 8.25. The van der Waals surface area contributed by atoms with E-state index in [1.807, 2.05) is 0 Å². The standard InChI is InChI=1S/C24H32N4O.HI/c25-24(27-23-11-5-9-18-6-3-4-10-22(18)23)26-16-19-7-1-2-8-20(19)17-28-14-12-21(29)13-15-28;/h1-2,5,7-9,11,21,29H,3-4,6,10,12-17H2,(H3,25,26,27);1H. The number of benzene rings is 2. The number of hydrogen-bond acceptors (Lipinski definition) is 3. The maximum absolute atomic E-state index is 9.72. The fourth-order valence-corrected chi connectivity index (χ4v) is 4.43. The maximum atomic E-state index is 9.72.